The second-order valence-electron chi connectivity index (χ2n) is 4.96. The van der Waals surface area contributed by atoms with Crippen molar-refractivity contribution in [2.45, 2.75) is 39.0 Å². The molecule has 0 radical (unpaired) electrons. The Balaban J connectivity index is 2.66. The quantitative estimate of drug-likeness (QED) is 0.635. The van der Waals surface area contributed by atoms with Crippen LogP contribution in [0.5, 0.6) is 0 Å². The Morgan fingerprint density at radius 1 is 1.21 bits per heavy atom. The number of alkyl halides is 1. The van der Waals surface area contributed by atoms with E-state index in [1.165, 1.54) is 0 Å². The highest BCUT2D eigenvalue weighted by molar-refractivity contribution is 6.33. The van der Waals surface area contributed by atoms with Crippen molar-refractivity contribution in [2.75, 3.05) is 5.32 Å². The van der Waals surface area contributed by atoms with Crippen molar-refractivity contribution in [3.63, 3.8) is 0 Å². The topological polar surface area (TPSA) is 46.2 Å². The van der Waals surface area contributed by atoms with E-state index < -0.39 is 5.38 Å². The van der Waals surface area contributed by atoms with Crippen LogP contribution in [-0.4, -0.2) is 17.1 Å². The average Bonchev–Trinajstić information content (AvgIpc) is 2.36. The van der Waals surface area contributed by atoms with Crippen molar-refractivity contribution in [1.82, 2.24) is 0 Å². The monoisotopic (exact) mass is 281 g/mol. The third-order valence-electron chi connectivity index (χ3n) is 2.69. The second kappa shape index (κ2) is 7.29. The molecule has 0 aromatic heterocycles. The van der Waals surface area contributed by atoms with Gasteiger partial charge in [-0.2, -0.15) is 0 Å². The maximum atomic E-state index is 11.8. The number of ketones is 1. The summed E-state index contributed by atoms with van der Waals surface area (Å²) in [6, 6.07) is 6.84. The largest absolute Gasteiger partial charge is 0.326 e. The van der Waals surface area contributed by atoms with E-state index in [2.05, 4.69) is 5.32 Å². The van der Waals surface area contributed by atoms with Gasteiger partial charge in [0.2, 0.25) is 5.91 Å². The van der Waals surface area contributed by atoms with Gasteiger partial charge in [-0.3, -0.25) is 9.59 Å². The molecule has 1 amide bonds. The highest BCUT2D eigenvalue weighted by Gasteiger charge is 2.15. The summed E-state index contributed by atoms with van der Waals surface area (Å²) in [4.78, 5) is 23.4. The number of benzene rings is 1. The molecule has 0 saturated heterocycles. The van der Waals surface area contributed by atoms with Gasteiger partial charge in [0.1, 0.15) is 0 Å². The van der Waals surface area contributed by atoms with Crippen LogP contribution >= 0.6 is 11.6 Å². The van der Waals surface area contributed by atoms with Crippen LogP contribution in [0, 0.1) is 5.92 Å². The molecule has 0 saturated carbocycles. The van der Waals surface area contributed by atoms with Gasteiger partial charge < -0.3 is 5.32 Å². The van der Waals surface area contributed by atoms with Crippen LogP contribution in [0.15, 0.2) is 24.3 Å². The van der Waals surface area contributed by atoms with Crippen molar-refractivity contribution >= 4 is 29.0 Å². The number of halogens is 1. The van der Waals surface area contributed by atoms with Crippen molar-refractivity contribution in [3.8, 4) is 0 Å². The number of hydrogen-bond acceptors (Lipinski definition) is 2. The molecule has 0 fully saturated rings. The smallest absolute Gasteiger partial charge is 0.224 e. The van der Waals surface area contributed by atoms with Crippen LogP contribution < -0.4 is 5.32 Å². The Morgan fingerprint density at radius 3 is 2.26 bits per heavy atom. The first-order chi connectivity index (χ1) is 8.93. The SMILES string of the molecule is CCC(Cl)C(=O)c1ccc(NC(=O)CC(C)C)cc1. The summed E-state index contributed by atoms with van der Waals surface area (Å²) in [5, 5.41) is 2.31. The first kappa shape index (κ1) is 15.7. The molecule has 1 unspecified atom stereocenters. The number of nitrogens with one attached hydrogen (secondary N) is 1. The lowest BCUT2D eigenvalue weighted by molar-refractivity contribution is -0.116. The molecule has 3 nitrogen and oxygen atoms in total. The molecule has 4 heteroatoms. The summed E-state index contributed by atoms with van der Waals surface area (Å²) in [5.41, 5.74) is 1.27. The fourth-order valence-electron chi connectivity index (χ4n) is 1.67. The number of anilines is 1. The normalized spacial score (nSPS) is 12.3. The molecule has 0 spiro atoms. The predicted octanol–water partition coefficient (Wildman–Crippen LogP) is 3.87. The van der Waals surface area contributed by atoms with E-state index in [4.69, 9.17) is 11.6 Å². The minimum Gasteiger partial charge on any atom is -0.326 e. The maximum absolute atomic E-state index is 11.8. The van der Waals surface area contributed by atoms with Gasteiger partial charge in [-0.15, -0.1) is 11.6 Å². The zero-order valence-electron chi connectivity index (χ0n) is 11.6. The molecule has 1 aromatic carbocycles. The molecule has 0 heterocycles. The number of rotatable bonds is 6. The first-order valence-corrected chi connectivity index (χ1v) is 6.95. The second-order valence-corrected chi connectivity index (χ2v) is 5.49. The summed E-state index contributed by atoms with van der Waals surface area (Å²) in [6.45, 7) is 5.86. The number of hydrogen-bond donors (Lipinski definition) is 1. The summed E-state index contributed by atoms with van der Waals surface area (Å²) < 4.78 is 0. The minimum absolute atomic E-state index is 0.0159. The van der Waals surface area contributed by atoms with Gasteiger partial charge in [0.05, 0.1) is 5.38 Å². The Morgan fingerprint density at radius 2 is 1.79 bits per heavy atom. The number of amides is 1. The number of carbonyl (C=O) groups is 2. The molecule has 1 rings (SSSR count). The van der Waals surface area contributed by atoms with Crippen LogP contribution in [0.25, 0.3) is 0 Å². The lowest BCUT2D eigenvalue weighted by Crippen LogP contribution is -2.15. The van der Waals surface area contributed by atoms with Gasteiger partial charge in [-0.25, -0.2) is 0 Å². The molecular weight excluding hydrogens is 262 g/mol. The highest BCUT2D eigenvalue weighted by atomic mass is 35.5. The van der Waals surface area contributed by atoms with Gasteiger partial charge in [0.25, 0.3) is 0 Å². The Labute approximate surface area is 119 Å². The zero-order valence-corrected chi connectivity index (χ0v) is 12.3. The van der Waals surface area contributed by atoms with Crippen molar-refractivity contribution in [1.29, 1.82) is 0 Å². The predicted molar refractivity (Wildman–Crippen MR) is 78.8 cm³/mol. The van der Waals surface area contributed by atoms with E-state index in [1.54, 1.807) is 24.3 Å². The van der Waals surface area contributed by atoms with E-state index in [0.29, 0.717) is 30.0 Å². The van der Waals surface area contributed by atoms with Crippen LogP contribution in [-0.2, 0) is 4.79 Å². The van der Waals surface area contributed by atoms with Crippen molar-refractivity contribution in [2.24, 2.45) is 5.92 Å². The summed E-state index contributed by atoms with van der Waals surface area (Å²) in [5.74, 6) is 0.226. The minimum atomic E-state index is -0.485. The average molecular weight is 282 g/mol. The lowest BCUT2D eigenvalue weighted by atomic mass is 10.1. The summed E-state index contributed by atoms with van der Waals surface area (Å²) in [6.07, 6.45) is 1.09. The maximum Gasteiger partial charge on any atom is 0.224 e. The third-order valence-corrected chi connectivity index (χ3v) is 3.20. The van der Waals surface area contributed by atoms with Crippen molar-refractivity contribution < 1.29 is 9.59 Å². The van der Waals surface area contributed by atoms with E-state index in [9.17, 15) is 9.59 Å². The first-order valence-electron chi connectivity index (χ1n) is 6.52. The van der Waals surface area contributed by atoms with Crippen LogP contribution in [0.3, 0.4) is 0 Å². The molecule has 0 aliphatic rings. The molecule has 0 bridgehead atoms. The molecule has 1 atom stereocenters. The Hall–Kier alpha value is -1.35. The van der Waals surface area contributed by atoms with E-state index in [-0.39, 0.29) is 11.7 Å². The standard InChI is InChI=1S/C15H20ClNO2/c1-4-13(16)15(19)11-5-7-12(8-6-11)17-14(18)9-10(2)3/h5-8,10,13H,4,9H2,1-3H3,(H,17,18). The van der Waals surface area contributed by atoms with Gasteiger partial charge >= 0.3 is 0 Å². The van der Waals surface area contributed by atoms with Crippen molar-refractivity contribution in [3.05, 3.63) is 29.8 Å². The van der Waals surface area contributed by atoms with Gasteiger partial charge in [-0.05, 0) is 36.6 Å². The Bertz CT molecular complexity index is 440. The van der Waals surface area contributed by atoms with E-state index >= 15 is 0 Å². The van der Waals surface area contributed by atoms with Crippen LogP contribution in [0.1, 0.15) is 44.0 Å². The molecule has 1 aromatic rings. The number of Topliss-reactive ketones (excluding diaryl/α,β-unsaturated/α-hetero) is 1. The molecule has 0 aliphatic heterocycles. The van der Waals surface area contributed by atoms with Crippen LogP contribution in [0.2, 0.25) is 0 Å². The van der Waals surface area contributed by atoms with Gasteiger partial charge in [-0.1, -0.05) is 20.8 Å². The van der Waals surface area contributed by atoms with Crippen LogP contribution in [0.4, 0.5) is 5.69 Å². The van der Waals surface area contributed by atoms with E-state index in [0.717, 1.165) is 0 Å². The van der Waals surface area contributed by atoms with Gasteiger partial charge in [0, 0.05) is 17.7 Å². The molecule has 104 valence electrons. The Kier molecular flexibility index (Phi) is 6.03. The lowest BCUT2D eigenvalue weighted by Gasteiger charge is -2.09. The highest BCUT2D eigenvalue weighted by Crippen LogP contribution is 2.15. The zero-order chi connectivity index (χ0) is 14.4. The van der Waals surface area contributed by atoms with E-state index in [1.807, 2.05) is 20.8 Å². The molecular formula is C15H20ClNO2. The summed E-state index contributed by atoms with van der Waals surface area (Å²) in [7, 11) is 0. The third kappa shape index (κ3) is 5.03. The number of carbonyl (C=O) groups excluding carboxylic acids is 2. The van der Waals surface area contributed by atoms with Gasteiger partial charge in [0.15, 0.2) is 5.78 Å². The molecule has 19 heavy (non-hydrogen) atoms. The summed E-state index contributed by atoms with van der Waals surface area (Å²) >= 11 is 5.91. The fourth-order valence-corrected chi connectivity index (χ4v) is 1.79. The fraction of sp³-hybridized carbons (Fsp3) is 0.467. The molecule has 1 N–H and O–H groups in total. The molecule has 0 aliphatic carbocycles.